The van der Waals surface area contributed by atoms with Crippen LogP contribution in [0.1, 0.15) is 71.2 Å². The Morgan fingerprint density at radius 3 is 2.72 bits per heavy atom. The van der Waals surface area contributed by atoms with E-state index in [-0.39, 0.29) is 25.0 Å². The molecule has 4 rings (SSSR count). The lowest BCUT2D eigenvalue weighted by Crippen LogP contribution is -2.61. The van der Waals surface area contributed by atoms with Gasteiger partial charge in [-0.15, -0.1) is 0 Å². The molecule has 2 N–H and O–H groups in total. The van der Waals surface area contributed by atoms with Crippen molar-refractivity contribution in [3.8, 4) is 0 Å². The van der Waals surface area contributed by atoms with Gasteiger partial charge in [0, 0.05) is 15.9 Å². The maximum atomic E-state index is 12.4. The van der Waals surface area contributed by atoms with Crippen LogP contribution in [0.5, 0.6) is 0 Å². The average molecular weight is 350 g/mol. The maximum Gasteiger partial charge on any atom is 0.161 e. The number of allylic oxidation sites excluding steroid dienone is 1. The van der Waals surface area contributed by atoms with E-state index >= 15 is 0 Å². The standard InChI is InChI=1S/C21H30O4/c1-12(22)21(25)9-7-16-15-5-4-13-10-14(23)6-8-19(13,2)18(15)17(24)11-20(16,21)3/h10,15-18,24-25H,4-9,11H2,1-3H3/t15?,16?,17-,18+,19-,20-,21-/m0/s1/i11D2,17D,18D. The van der Waals surface area contributed by atoms with Gasteiger partial charge >= 0.3 is 0 Å². The summed E-state index contributed by atoms with van der Waals surface area (Å²) in [5.74, 6) is -3.59. The average Bonchev–Trinajstić information content (AvgIpc) is 2.90. The lowest BCUT2D eigenvalue weighted by atomic mass is 9.45. The second-order valence-electron chi connectivity index (χ2n) is 8.76. The van der Waals surface area contributed by atoms with Crippen molar-refractivity contribution in [1.82, 2.24) is 0 Å². The van der Waals surface area contributed by atoms with Crippen molar-refractivity contribution in [2.75, 3.05) is 0 Å². The van der Waals surface area contributed by atoms with Crippen LogP contribution in [-0.2, 0) is 9.59 Å². The SMILES string of the molecule is [2H]C1([2H])[C@]([2H])(O)[C@@]2([2H])C(CCC3=CC(=O)CC[C@@]32C)C2CC[C@](O)(C(C)=O)[C@]21C. The highest BCUT2D eigenvalue weighted by Crippen LogP contribution is 2.67. The molecule has 0 spiro atoms. The molecule has 4 nitrogen and oxygen atoms in total. The second-order valence-corrected chi connectivity index (χ2v) is 8.76. The summed E-state index contributed by atoms with van der Waals surface area (Å²) < 4.78 is 36.2. The third kappa shape index (κ3) is 2.07. The lowest BCUT2D eigenvalue weighted by molar-refractivity contribution is -0.179. The predicted octanol–water partition coefficient (Wildman–Crippen LogP) is 2.81. The molecule has 4 heteroatoms. The van der Waals surface area contributed by atoms with Gasteiger partial charge in [0.2, 0.25) is 0 Å². The summed E-state index contributed by atoms with van der Waals surface area (Å²) in [6.45, 7) is 4.48. The third-order valence-electron chi connectivity index (χ3n) is 7.72. The van der Waals surface area contributed by atoms with Crippen LogP contribution < -0.4 is 0 Å². The predicted molar refractivity (Wildman–Crippen MR) is 93.7 cm³/mol. The summed E-state index contributed by atoms with van der Waals surface area (Å²) in [4.78, 5) is 24.5. The normalized spacial score (nSPS) is 62.3. The molecule has 3 saturated carbocycles. The molecule has 0 aromatic rings. The zero-order chi connectivity index (χ0) is 21.8. The van der Waals surface area contributed by atoms with E-state index in [0.717, 1.165) is 0 Å². The molecule has 2 unspecified atom stereocenters. The summed E-state index contributed by atoms with van der Waals surface area (Å²) in [5, 5.41) is 22.8. The monoisotopic (exact) mass is 350 g/mol. The molecule has 0 aromatic heterocycles. The van der Waals surface area contributed by atoms with Crippen molar-refractivity contribution in [3.63, 3.8) is 0 Å². The smallest absolute Gasteiger partial charge is 0.161 e. The van der Waals surface area contributed by atoms with Crippen LogP contribution in [0.4, 0.5) is 0 Å². The molecule has 138 valence electrons. The van der Waals surface area contributed by atoms with Crippen molar-refractivity contribution in [3.05, 3.63) is 11.6 Å². The van der Waals surface area contributed by atoms with Gasteiger partial charge in [-0.05, 0) is 74.6 Å². The van der Waals surface area contributed by atoms with Crippen molar-refractivity contribution >= 4 is 11.6 Å². The van der Waals surface area contributed by atoms with Crippen molar-refractivity contribution < 1.29 is 25.3 Å². The minimum absolute atomic E-state index is 0.0384. The van der Waals surface area contributed by atoms with E-state index in [1.165, 1.54) is 19.9 Å². The minimum Gasteiger partial charge on any atom is -0.393 e. The molecule has 0 aliphatic heterocycles. The highest BCUT2D eigenvalue weighted by Gasteiger charge is 2.67. The Kier molecular flexibility index (Phi) is 2.78. The quantitative estimate of drug-likeness (QED) is 0.762. The first-order chi connectivity index (χ1) is 13.1. The van der Waals surface area contributed by atoms with Gasteiger partial charge in [0.25, 0.3) is 0 Å². The zero-order valence-electron chi connectivity index (χ0n) is 19.2. The molecule has 0 amide bonds. The molecule has 0 saturated heterocycles. The summed E-state index contributed by atoms with van der Waals surface area (Å²) in [6, 6.07) is 0. The van der Waals surface area contributed by atoms with Gasteiger partial charge in [0.15, 0.2) is 11.6 Å². The van der Waals surface area contributed by atoms with Crippen LogP contribution in [0.3, 0.4) is 0 Å². The number of hydrogen-bond acceptors (Lipinski definition) is 4. The number of fused-ring (bicyclic) bond motifs is 5. The van der Waals surface area contributed by atoms with Crippen LogP contribution in [-0.4, -0.2) is 33.5 Å². The van der Waals surface area contributed by atoms with Crippen molar-refractivity contribution in [2.45, 2.75) is 77.4 Å². The first-order valence-corrected chi connectivity index (χ1v) is 9.32. The molecule has 0 radical (unpaired) electrons. The van der Waals surface area contributed by atoms with Gasteiger partial charge < -0.3 is 10.2 Å². The first-order valence-electron chi connectivity index (χ1n) is 11.3. The number of hydrogen-bond donors (Lipinski definition) is 2. The largest absolute Gasteiger partial charge is 0.393 e. The molecule has 4 aliphatic rings. The molecular formula is C21H30O4. The van der Waals surface area contributed by atoms with Crippen LogP contribution >= 0.6 is 0 Å². The number of rotatable bonds is 1. The fraction of sp³-hybridized carbons (Fsp3) is 0.810. The topological polar surface area (TPSA) is 74.6 Å². The Balaban J connectivity index is 1.99. The minimum atomic E-state index is -2.88. The lowest BCUT2D eigenvalue weighted by Gasteiger charge is -2.60. The molecule has 0 bridgehead atoms. The number of carbonyl (C=O) groups is 2. The molecule has 0 aromatic carbocycles. The summed E-state index contributed by atoms with van der Waals surface area (Å²) in [7, 11) is 0. The third-order valence-corrected chi connectivity index (χ3v) is 7.72. The molecule has 7 atom stereocenters. The Morgan fingerprint density at radius 1 is 1.32 bits per heavy atom. The van der Waals surface area contributed by atoms with Crippen molar-refractivity contribution in [2.24, 2.45) is 28.6 Å². The Hall–Kier alpha value is -1.00. The molecular weight excluding hydrogens is 316 g/mol. The van der Waals surface area contributed by atoms with Gasteiger partial charge in [0.05, 0.1) is 7.45 Å². The van der Waals surface area contributed by atoms with E-state index in [0.29, 0.717) is 24.8 Å². The summed E-state index contributed by atoms with van der Waals surface area (Å²) in [5.41, 5.74) is -3.98. The van der Waals surface area contributed by atoms with Gasteiger partial charge in [-0.25, -0.2) is 0 Å². The number of ketones is 2. The van der Waals surface area contributed by atoms with Crippen LogP contribution in [0, 0.1) is 28.6 Å². The van der Waals surface area contributed by atoms with E-state index in [2.05, 4.69) is 0 Å². The van der Waals surface area contributed by atoms with Crippen LogP contribution in [0.25, 0.3) is 0 Å². The van der Waals surface area contributed by atoms with Gasteiger partial charge in [-0.2, -0.15) is 0 Å². The van der Waals surface area contributed by atoms with Crippen molar-refractivity contribution in [1.29, 1.82) is 0 Å². The second kappa shape index (κ2) is 5.26. The van der Waals surface area contributed by atoms with Gasteiger partial charge in [-0.3, -0.25) is 9.59 Å². The van der Waals surface area contributed by atoms with E-state index in [4.69, 9.17) is 4.11 Å². The molecule has 0 heterocycles. The van der Waals surface area contributed by atoms with E-state index in [1.54, 1.807) is 6.92 Å². The molecule has 3 fully saturated rings. The van der Waals surface area contributed by atoms with E-state index in [1.807, 2.05) is 0 Å². The zero-order valence-corrected chi connectivity index (χ0v) is 15.2. The number of aliphatic hydroxyl groups is 2. The number of carbonyl (C=O) groups excluding carboxylic acids is 2. The van der Waals surface area contributed by atoms with Crippen LogP contribution in [0.15, 0.2) is 11.6 Å². The highest BCUT2D eigenvalue weighted by molar-refractivity contribution is 5.91. The van der Waals surface area contributed by atoms with Gasteiger partial charge in [-0.1, -0.05) is 19.4 Å². The van der Waals surface area contributed by atoms with E-state index in [9.17, 15) is 21.2 Å². The fourth-order valence-electron chi connectivity index (χ4n) is 6.19. The molecule has 4 aliphatic carbocycles. The number of Topliss-reactive ketones (excluding diaryl/α,β-unsaturated/α-hetero) is 1. The van der Waals surface area contributed by atoms with Gasteiger partial charge in [0.1, 0.15) is 5.60 Å². The maximum absolute atomic E-state index is 12.4. The molecule has 25 heavy (non-hydrogen) atoms. The Bertz CT molecular complexity index is 839. The fourth-order valence-corrected chi connectivity index (χ4v) is 6.19. The van der Waals surface area contributed by atoms with E-state index < -0.39 is 52.4 Å². The van der Waals surface area contributed by atoms with Crippen LogP contribution in [0.2, 0.25) is 0 Å². The highest BCUT2D eigenvalue weighted by atomic mass is 16.3. The Morgan fingerprint density at radius 2 is 2.04 bits per heavy atom. The summed E-state index contributed by atoms with van der Waals surface area (Å²) in [6.07, 6.45) is -2.20. The summed E-state index contributed by atoms with van der Waals surface area (Å²) >= 11 is 0. The Labute approximate surface area is 155 Å². The first kappa shape index (κ1) is 13.2.